The number of carbonyl (C=O) groups excluding carboxylic acids is 8. The molecule has 4 aromatic rings. The summed E-state index contributed by atoms with van der Waals surface area (Å²) in [7, 11) is 0. The molecule has 4 heterocycles. The molecule has 0 spiro atoms. The summed E-state index contributed by atoms with van der Waals surface area (Å²) >= 11 is 0. The van der Waals surface area contributed by atoms with E-state index in [2.05, 4.69) is 21.3 Å². The van der Waals surface area contributed by atoms with Crippen LogP contribution in [0.5, 0.6) is 23.0 Å². The van der Waals surface area contributed by atoms with Crippen molar-refractivity contribution in [2.75, 3.05) is 49.9 Å². The molecule has 0 saturated carbocycles. The lowest BCUT2D eigenvalue weighted by Crippen LogP contribution is -2.44. The summed E-state index contributed by atoms with van der Waals surface area (Å²) in [6, 6.07) is 28.3. The number of hydrogen-bond acceptors (Lipinski definition) is 10. The Morgan fingerprint density at radius 2 is 0.634 bits per heavy atom. The number of carbonyl (C=O) groups is 8. The molecule has 0 aliphatic carbocycles. The predicted octanol–water partition coefficient (Wildman–Crippen LogP) is 9.81. The SMILES string of the molecule is CC(C)N1CC(=O)NCCc2ccc(cc2)Oc2cccc(c2)NC(=O)CN(C(C)C)C(=O)CCCCCCC(=O)N(C(C)C)CC(=O)NCCc2ccc(cc2)Oc2cccc(c2)NC(=O)CN(C(C)C)C(=O)CCCCCCC1=O. The first kappa shape index (κ1) is 65.1. The number of nitrogens with zero attached hydrogens (tertiary/aromatic N) is 4. The highest BCUT2D eigenvalue weighted by Gasteiger charge is 2.24. The quantitative estimate of drug-likeness (QED) is 0.152. The Morgan fingerprint density at radius 1 is 0.341 bits per heavy atom. The van der Waals surface area contributed by atoms with Crippen molar-refractivity contribution in [1.29, 1.82) is 0 Å². The molecular formula is C64H88N8O10. The van der Waals surface area contributed by atoms with Crippen LogP contribution >= 0.6 is 0 Å². The highest BCUT2D eigenvalue weighted by molar-refractivity contribution is 5.95. The molecule has 18 nitrogen and oxygen atoms in total. The summed E-state index contributed by atoms with van der Waals surface area (Å²) in [4.78, 5) is 112. The average Bonchev–Trinajstić information content (AvgIpc) is 3.44. The number of hydrogen-bond donors (Lipinski definition) is 4. The number of anilines is 2. The van der Waals surface area contributed by atoms with Gasteiger partial charge in [0.2, 0.25) is 47.3 Å². The van der Waals surface area contributed by atoms with Gasteiger partial charge in [-0.05, 0) is 154 Å². The minimum absolute atomic E-state index is 0.0497. The maximum absolute atomic E-state index is 13.4. The van der Waals surface area contributed by atoms with Gasteiger partial charge in [-0.25, -0.2) is 0 Å². The average molecular weight is 1130 g/mol. The van der Waals surface area contributed by atoms with Crippen LogP contribution in [0.25, 0.3) is 0 Å². The third-order valence-electron chi connectivity index (χ3n) is 14.1. The van der Waals surface area contributed by atoms with Crippen LogP contribution in [0.2, 0.25) is 0 Å². The van der Waals surface area contributed by atoms with Crippen LogP contribution in [0.15, 0.2) is 97.1 Å². The van der Waals surface area contributed by atoms with E-state index in [1.807, 2.05) is 104 Å². The fourth-order valence-electron chi connectivity index (χ4n) is 9.44. The first-order chi connectivity index (χ1) is 39.2. The fraction of sp³-hybridized carbons (Fsp3) is 0.500. The number of ether oxygens (including phenoxy) is 2. The van der Waals surface area contributed by atoms with E-state index in [1.54, 1.807) is 68.1 Å². The molecule has 0 unspecified atom stereocenters. The lowest BCUT2D eigenvalue weighted by molar-refractivity contribution is -0.138. The lowest BCUT2D eigenvalue weighted by Gasteiger charge is -2.26. The zero-order chi connectivity index (χ0) is 59.6. The van der Waals surface area contributed by atoms with Crippen molar-refractivity contribution in [3.8, 4) is 23.0 Å². The number of amides is 8. The molecule has 4 aliphatic heterocycles. The van der Waals surface area contributed by atoms with E-state index in [4.69, 9.17) is 9.47 Å². The van der Waals surface area contributed by atoms with E-state index < -0.39 is 0 Å². The fourth-order valence-corrected chi connectivity index (χ4v) is 9.44. The van der Waals surface area contributed by atoms with Gasteiger partial charge in [-0.3, -0.25) is 38.4 Å². The van der Waals surface area contributed by atoms with Gasteiger partial charge < -0.3 is 50.3 Å². The minimum Gasteiger partial charge on any atom is -0.457 e. The second-order valence-corrected chi connectivity index (χ2v) is 22.1. The maximum Gasteiger partial charge on any atom is 0.244 e. The molecule has 4 aliphatic rings. The molecule has 0 aromatic heterocycles. The summed E-state index contributed by atoms with van der Waals surface area (Å²) in [5.74, 6) is 0.565. The molecule has 444 valence electrons. The predicted molar refractivity (Wildman–Crippen MR) is 319 cm³/mol. The summed E-state index contributed by atoms with van der Waals surface area (Å²) in [5, 5.41) is 11.7. The molecular weight excluding hydrogens is 1040 g/mol. The maximum atomic E-state index is 13.4. The van der Waals surface area contributed by atoms with Crippen molar-refractivity contribution in [3.63, 3.8) is 0 Å². The first-order valence-corrected chi connectivity index (χ1v) is 29.3. The molecule has 82 heavy (non-hydrogen) atoms. The van der Waals surface area contributed by atoms with Crippen LogP contribution in [-0.4, -0.2) is 130 Å². The molecule has 0 atom stereocenters. The largest absolute Gasteiger partial charge is 0.457 e. The molecule has 0 radical (unpaired) electrons. The van der Waals surface area contributed by atoms with E-state index in [1.165, 1.54) is 0 Å². The Balaban J connectivity index is 1.18. The zero-order valence-electron chi connectivity index (χ0n) is 49.6. The van der Waals surface area contributed by atoms with E-state index in [0.717, 1.165) is 36.8 Å². The zero-order valence-corrected chi connectivity index (χ0v) is 49.6. The van der Waals surface area contributed by atoms with Crippen molar-refractivity contribution in [2.45, 2.75) is 169 Å². The van der Waals surface area contributed by atoms with Crippen LogP contribution in [-0.2, 0) is 51.2 Å². The molecule has 0 fully saturated rings. The molecule has 4 aromatic carbocycles. The standard InChI is InChI=1S/C64H88N8O10/c1-45(2)69-41-57(73)65-37-35-49-27-31-53(32-28-49)81-55-21-17-19-51(39-55)68-60(76)44-72(48(7)8)64(80)26-16-12-10-14-24-62(78)70(46(3)4)42-58(74)66-38-36-50-29-33-54(34-30-50)82-56-22-18-20-52(40-56)67-59(75)43-71(47(5)6)63(79)25-15-11-9-13-23-61(69)77/h17-22,27-34,39-40,45-48H,9-16,23-26,35-38,41-44H2,1-8H3,(H,65,73)(H,66,74)(H,67,75)(H,68,76). The number of rotatable bonds is 4. The van der Waals surface area contributed by atoms with Gasteiger partial charge in [-0.1, -0.05) is 62.1 Å². The van der Waals surface area contributed by atoms with Crippen molar-refractivity contribution in [2.24, 2.45) is 0 Å². The van der Waals surface area contributed by atoms with Gasteiger partial charge in [0.15, 0.2) is 0 Å². The molecule has 8 rings (SSSR count). The Labute approximate surface area is 485 Å². The molecule has 8 amide bonds. The van der Waals surface area contributed by atoms with Gasteiger partial charge in [-0.2, -0.15) is 0 Å². The Hall–Kier alpha value is -7.76. The monoisotopic (exact) mass is 1130 g/mol. The van der Waals surface area contributed by atoms with Gasteiger partial charge in [0.1, 0.15) is 36.1 Å². The third-order valence-corrected chi connectivity index (χ3v) is 14.1. The molecule has 0 saturated heterocycles. The highest BCUT2D eigenvalue weighted by atomic mass is 16.5. The van der Waals surface area contributed by atoms with Crippen molar-refractivity contribution < 1.29 is 47.8 Å². The smallest absolute Gasteiger partial charge is 0.244 e. The van der Waals surface area contributed by atoms with Gasteiger partial charge in [-0.15, -0.1) is 0 Å². The molecule has 4 N–H and O–H groups in total. The van der Waals surface area contributed by atoms with Crippen LogP contribution < -0.4 is 30.7 Å². The topological polar surface area (TPSA) is 216 Å². The third kappa shape index (κ3) is 23.0. The van der Waals surface area contributed by atoms with Crippen LogP contribution in [0.3, 0.4) is 0 Å². The van der Waals surface area contributed by atoms with E-state index in [-0.39, 0.29) is 123 Å². The lowest BCUT2D eigenvalue weighted by atomic mass is 10.1. The molecule has 8 bridgehead atoms. The van der Waals surface area contributed by atoms with Crippen molar-refractivity contribution in [3.05, 3.63) is 108 Å². The normalized spacial score (nSPS) is 17.4. The van der Waals surface area contributed by atoms with Gasteiger partial charge in [0, 0.05) is 86.4 Å². The van der Waals surface area contributed by atoms with Crippen LogP contribution in [0, 0.1) is 0 Å². The summed E-state index contributed by atoms with van der Waals surface area (Å²) in [6.07, 6.45) is 7.64. The minimum atomic E-state index is -0.337. The number of nitrogens with one attached hydrogen (secondary N) is 4. The van der Waals surface area contributed by atoms with Crippen LogP contribution in [0.1, 0.15) is 144 Å². The van der Waals surface area contributed by atoms with Gasteiger partial charge in [0.05, 0.1) is 13.1 Å². The Morgan fingerprint density at radius 3 is 0.927 bits per heavy atom. The number of benzene rings is 4. The molecule has 18 heteroatoms. The first-order valence-electron chi connectivity index (χ1n) is 29.3. The second kappa shape index (κ2) is 33.9. The van der Waals surface area contributed by atoms with E-state index in [0.29, 0.717) is 86.0 Å². The summed E-state index contributed by atoms with van der Waals surface area (Å²) in [6.45, 7) is 15.5. The van der Waals surface area contributed by atoms with Gasteiger partial charge in [0.25, 0.3) is 0 Å². The highest BCUT2D eigenvalue weighted by Crippen LogP contribution is 2.27. The Bertz CT molecular complexity index is 2540. The summed E-state index contributed by atoms with van der Waals surface area (Å²) < 4.78 is 12.2. The Kier molecular flexibility index (Phi) is 26.9. The van der Waals surface area contributed by atoms with Crippen molar-refractivity contribution in [1.82, 2.24) is 30.2 Å². The van der Waals surface area contributed by atoms with E-state index >= 15 is 0 Å². The van der Waals surface area contributed by atoms with Crippen LogP contribution in [0.4, 0.5) is 11.4 Å². The summed E-state index contributed by atoms with van der Waals surface area (Å²) in [5.41, 5.74) is 2.99. The van der Waals surface area contributed by atoms with Crippen molar-refractivity contribution >= 4 is 58.6 Å². The second-order valence-electron chi connectivity index (χ2n) is 22.1. The van der Waals surface area contributed by atoms with E-state index in [9.17, 15) is 38.4 Å². The van der Waals surface area contributed by atoms with Gasteiger partial charge >= 0.3 is 0 Å².